The van der Waals surface area contributed by atoms with Gasteiger partial charge in [-0.1, -0.05) is 6.07 Å². The van der Waals surface area contributed by atoms with Crippen LogP contribution < -0.4 is 4.74 Å². The number of ether oxygens (including phenoxy) is 1. The predicted octanol–water partition coefficient (Wildman–Crippen LogP) is 2.75. The van der Waals surface area contributed by atoms with Crippen LogP contribution >= 0.6 is 11.8 Å². The zero-order valence-electron chi connectivity index (χ0n) is 8.44. The van der Waals surface area contributed by atoms with Gasteiger partial charge in [0.25, 0.3) is 6.43 Å². The molecular formula is C10H10F2O3S. The minimum absolute atomic E-state index is 0.0281. The van der Waals surface area contributed by atoms with Gasteiger partial charge in [-0.3, -0.25) is 0 Å². The van der Waals surface area contributed by atoms with Gasteiger partial charge in [0.2, 0.25) is 0 Å². The number of hydrogen-bond donors (Lipinski definition) is 1. The number of aromatic carboxylic acids is 1. The van der Waals surface area contributed by atoms with Gasteiger partial charge in [-0.25, -0.2) is 13.6 Å². The van der Waals surface area contributed by atoms with Crippen molar-refractivity contribution < 1.29 is 23.4 Å². The van der Waals surface area contributed by atoms with Crippen LogP contribution in [0.25, 0.3) is 0 Å². The van der Waals surface area contributed by atoms with E-state index in [0.717, 1.165) is 0 Å². The third-order valence-corrected chi connectivity index (χ3v) is 2.57. The van der Waals surface area contributed by atoms with Crippen molar-refractivity contribution in [1.82, 2.24) is 0 Å². The molecule has 0 fully saturated rings. The number of benzene rings is 1. The molecule has 0 aliphatic heterocycles. The third kappa shape index (κ3) is 3.10. The van der Waals surface area contributed by atoms with Gasteiger partial charge in [-0.15, -0.1) is 11.8 Å². The molecule has 0 amide bonds. The van der Waals surface area contributed by atoms with E-state index in [4.69, 9.17) is 9.84 Å². The van der Waals surface area contributed by atoms with Crippen LogP contribution in [0.5, 0.6) is 5.75 Å². The van der Waals surface area contributed by atoms with Crippen molar-refractivity contribution in [3.05, 3.63) is 23.8 Å². The normalized spacial score (nSPS) is 10.5. The molecule has 0 aliphatic carbocycles. The molecule has 0 unspecified atom stereocenters. The summed E-state index contributed by atoms with van der Waals surface area (Å²) in [7, 11) is 0. The molecule has 0 saturated carbocycles. The highest BCUT2D eigenvalue weighted by molar-refractivity contribution is 7.98. The van der Waals surface area contributed by atoms with Gasteiger partial charge >= 0.3 is 5.97 Å². The van der Waals surface area contributed by atoms with Gasteiger partial charge in [-0.05, 0) is 18.4 Å². The fourth-order valence-electron chi connectivity index (χ4n) is 1.16. The Balaban J connectivity index is 3.02. The molecule has 3 nitrogen and oxygen atoms in total. The maximum absolute atomic E-state index is 12.0. The fourth-order valence-corrected chi connectivity index (χ4v) is 1.77. The van der Waals surface area contributed by atoms with Gasteiger partial charge in [0.15, 0.2) is 0 Å². The lowest BCUT2D eigenvalue weighted by Gasteiger charge is -2.11. The quantitative estimate of drug-likeness (QED) is 0.814. The average molecular weight is 248 g/mol. The van der Waals surface area contributed by atoms with E-state index in [2.05, 4.69) is 0 Å². The number of hydrogen-bond acceptors (Lipinski definition) is 3. The van der Waals surface area contributed by atoms with E-state index in [1.54, 1.807) is 18.4 Å². The molecule has 0 aliphatic rings. The largest absolute Gasteiger partial charge is 0.487 e. The van der Waals surface area contributed by atoms with Gasteiger partial charge in [0.1, 0.15) is 17.9 Å². The smallest absolute Gasteiger partial charge is 0.340 e. The van der Waals surface area contributed by atoms with E-state index in [9.17, 15) is 13.6 Å². The van der Waals surface area contributed by atoms with E-state index in [-0.39, 0.29) is 11.3 Å². The number of halogens is 2. The van der Waals surface area contributed by atoms with Crippen molar-refractivity contribution in [3.8, 4) is 5.75 Å². The zero-order chi connectivity index (χ0) is 12.1. The minimum atomic E-state index is -2.63. The summed E-state index contributed by atoms with van der Waals surface area (Å²) in [6, 6.07) is 4.54. The average Bonchev–Trinajstić information content (AvgIpc) is 2.25. The topological polar surface area (TPSA) is 46.5 Å². The first-order valence-electron chi connectivity index (χ1n) is 4.37. The van der Waals surface area contributed by atoms with Gasteiger partial charge in [0, 0.05) is 4.90 Å². The standard InChI is InChI=1S/C10H10F2O3S/c1-16-7-4-2-3-6(9(7)10(13)14)15-5-8(11)12/h2-4,8H,5H2,1H3,(H,13,14). The van der Waals surface area contributed by atoms with Crippen LogP contribution in [0.2, 0.25) is 0 Å². The third-order valence-electron chi connectivity index (χ3n) is 1.79. The van der Waals surface area contributed by atoms with Crippen LogP contribution in [0, 0.1) is 0 Å². The second kappa shape index (κ2) is 5.69. The Morgan fingerprint density at radius 2 is 2.25 bits per heavy atom. The Bertz CT molecular complexity index is 382. The van der Waals surface area contributed by atoms with Crippen LogP contribution in [-0.4, -0.2) is 30.4 Å². The summed E-state index contributed by atoms with van der Waals surface area (Å²) in [4.78, 5) is 11.5. The van der Waals surface area contributed by atoms with E-state index < -0.39 is 19.0 Å². The Morgan fingerprint density at radius 1 is 1.56 bits per heavy atom. The lowest BCUT2D eigenvalue weighted by Crippen LogP contribution is -2.10. The monoisotopic (exact) mass is 248 g/mol. The predicted molar refractivity (Wildman–Crippen MR) is 56.7 cm³/mol. The molecule has 88 valence electrons. The summed E-state index contributed by atoms with van der Waals surface area (Å²) >= 11 is 1.22. The van der Waals surface area contributed by atoms with Crippen molar-refractivity contribution in [2.45, 2.75) is 11.3 Å². The van der Waals surface area contributed by atoms with E-state index >= 15 is 0 Å². The summed E-state index contributed by atoms with van der Waals surface area (Å²) < 4.78 is 28.7. The van der Waals surface area contributed by atoms with Gasteiger partial charge in [0.05, 0.1) is 0 Å². The highest BCUT2D eigenvalue weighted by Gasteiger charge is 2.17. The first-order chi connectivity index (χ1) is 7.56. The molecule has 1 rings (SSSR count). The summed E-state index contributed by atoms with van der Waals surface area (Å²) in [6.45, 7) is -0.807. The number of carboxylic acid groups (broad SMARTS) is 1. The molecule has 0 bridgehead atoms. The highest BCUT2D eigenvalue weighted by atomic mass is 32.2. The Hall–Kier alpha value is -1.30. The molecule has 1 aromatic carbocycles. The number of carboxylic acids is 1. The van der Waals surface area contributed by atoms with Crippen LogP contribution in [0.1, 0.15) is 10.4 Å². The molecule has 6 heteroatoms. The maximum Gasteiger partial charge on any atom is 0.340 e. The fraction of sp³-hybridized carbons (Fsp3) is 0.300. The lowest BCUT2D eigenvalue weighted by atomic mass is 10.2. The van der Waals surface area contributed by atoms with Crippen LogP contribution in [-0.2, 0) is 0 Å². The van der Waals surface area contributed by atoms with E-state index in [0.29, 0.717) is 4.90 Å². The second-order valence-corrected chi connectivity index (χ2v) is 3.69. The summed E-state index contributed by atoms with van der Waals surface area (Å²) in [5.41, 5.74) is -0.0735. The van der Waals surface area contributed by atoms with Crippen LogP contribution in [0.3, 0.4) is 0 Å². The van der Waals surface area contributed by atoms with Crippen molar-refractivity contribution >= 4 is 17.7 Å². The van der Waals surface area contributed by atoms with Gasteiger partial charge in [-0.2, -0.15) is 0 Å². The number of thioether (sulfide) groups is 1. The molecule has 16 heavy (non-hydrogen) atoms. The molecule has 1 aromatic rings. The Kier molecular flexibility index (Phi) is 4.54. The molecule has 0 heterocycles. The highest BCUT2D eigenvalue weighted by Crippen LogP contribution is 2.29. The SMILES string of the molecule is CSc1cccc(OCC(F)F)c1C(=O)O. The number of carbonyl (C=O) groups is 1. The molecule has 0 radical (unpaired) electrons. The minimum Gasteiger partial charge on any atom is -0.487 e. The summed E-state index contributed by atoms with van der Waals surface area (Å²) in [5, 5.41) is 8.96. The zero-order valence-corrected chi connectivity index (χ0v) is 9.26. The van der Waals surface area contributed by atoms with Crippen molar-refractivity contribution in [2.75, 3.05) is 12.9 Å². The van der Waals surface area contributed by atoms with Crippen molar-refractivity contribution in [2.24, 2.45) is 0 Å². The van der Waals surface area contributed by atoms with Crippen molar-refractivity contribution in [3.63, 3.8) is 0 Å². The van der Waals surface area contributed by atoms with Crippen LogP contribution in [0.15, 0.2) is 23.1 Å². The Labute approximate surface area is 95.4 Å². The molecular weight excluding hydrogens is 238 g/mol. The first-order valence-corrected chi connectivity index (χ1v) is 5.60. The van der Waals surface area contributed by atoms with E-state index in [1.807, 2.05) is 0 Å². The molecule has 0 saturated heterocycles. The second-order valence-electron chi connectivity index (χ2n) is 2.84. The lowest BCUT2D eigenvalue weighted by molar-refractivity contribution is 0.0659. The van der Waals surface area contributed by atoms with Crippen LogP contribution in [0.4, 0.5) is 8.78 Å². The van der Waals surface area contributed by atoms with E-state index in [1.165, 1.54) is 17.8 Å². The maximum atomic E-state index is 12.0. The molecule has 0 spiro atoms. The number of rotatable bonds is 5. The summed E-state index contributed by atoms with van der Waals surface area (Å²) in [5.74, 6) is -1.21. The van der Waals surface area contributed by atoms with Crippen molar-refractivity contribution in [1.29, 1.82) is 0 Å². The molecule has 0 aromatic heterocycles. The number of alkyl halides is 2. The Morgan fingerprint density at radius 3 is 2.75 bits per heavy atom. The first kappa shape index (κ1) is 12.8. The molecule has 0 atom stereocenters. The molecule has 1 N–H and O–H groups in total. The van der Waals surface area contributed by atoms with Gasteiger partial charge < -0.3 is 9.84 Å². The summed E-state index contributed by atoms with van der Waals surface area (Å²) in [6.07, 6.45) is -0.918.